The van der Waals surface area contributed by atoms with Gasteiger partial charge in [0.05, 0.1) is 0 Å². The Balaban J connectivity index is 2.28. The van der Waals surface area contributed by atoms with E-state index < -0.39 is 0 Å². The van der Waals surface area contributed by atoms with Crippen molar-refractivity contribution in [1.29, 1.82) is 0 Å². The number of fused-ring (bicyclic) bond motifs is 1. The maximum absolute atomic E-state index is 5.84. The van der Waals surface area contributed by atoms with Gasteiger partial charge >= 0.3 is 0 Å². The summed E-state index contributed by atoms with van der Waals surface area (Å²) in [5, 5.41) is 0. The van der Waals surface area contributed by atoms with Gasteiger partial charge in [0.25, 0.3) is 0 Å². The summed E-state index contributed by atoms with van der Waals surface area (Å²) in [6.45, 7) is 5.17. The van der Waals surface area contributed by atoms with Crippen molar-refractivity contribution >= 4 is 0 Å². The zero-order valence-corrected chi connectivity index (χ0v) is 9.75. The number of hydrogen-bond acceptors (Lipinski definition) is 2. The summed E-state index contributed by atoms with van der Waals surface area (Å²) in [6.07, 6.45) is 4.63. The molecule has 0 fully saturated rings. The Bertz CT molecular complexity index is 329. The molecule has 1 heterocycles. The van der Waals surface area contributed by atoms with E-state index in [9.17, 15) is 0 Å². The van der Waals surface area contributed by atoms with Crippen LogP contribution in [0.25, 0.3) is 0 Å². The Hall–Kier alpha value is -0.760. The molecule has 1 aliphatic rings. The first kappa shape index (κ1) is 10.7. The van der Waals surface area contributed by atoms with E-state index in [2.05, 4.69) is 19.9 Å². The van der Waals surface area contributed by atoms with Crippen LogP contribution >= 0.6 is 0 Å². The van der Waals surface area contributed by atoms with Gasteiger partial charge in [-0.15, -0.1) is 0 Å². The molecular weight excluding hydrogens is 186 g/mol. The summed E-state index contributed by atoms with van der Waals surface area (Å²) in [5.74, 6) is 3.56. The van der Waals surface area contributed by atoms with E-state index in [1.165, 1.54) is 24.2 Å². The molecule has 1 aliphatic carbocycles. The normalized spacial score (nSPS) is 22.5. The largest absolute Gasteiger partial charge is 0.466 e. The number of aryl methyl sites for hydroxylation is 2. The van der Waals surface area contributed by atoms with E-state index in [4.69, 9.17) is 10.2 Å². The Morgan fingerprint density at radius 1 is 1.60 bits per heavy atom. The molecule has 0 saturated carbocycles. The van der Waals surface area contributed by atoms with Gasteiger partial charge in [0.1, 0.15) is 11.5 Å². The van der Waals surface area contributed by atoms with Crippen molar-refractivity contribution < 1.29 is 4.42 Å². The average Bonchev–Trinajstić information content (AvgIpc) is 2.70. The van der Waals surface area contributed by atoms with Gasteiger partial charge in [-0.2, -0.15) is 0 Å². The minimum Gasteiger partial charge on any atom is -0.466 e. The van der Waals surface area contributed by atoms with E-state index in [-0.39, 0.29) is 0 Å². The minimum absolute atomic E-state index is 0.575. The first-order valence-electron chi connectivity index (χ1n) is 6.07. The van der Waals surface area contributed by atoms with Crippen molar-refractivity contribution in [3.63, 3.8) is 0 Å². The van der Waals surface area contributed by atoms with Gasteiger partial charge in [-0.25, -0.2) is 0 Å². The Labute approximate surface area is 91.8 Å². The highest BCUT2D eigenvalue weighted by Gasteiger charge is 2.27. The van der Waals surface area contributed by atoms with Crippen LogP contribution in [0.2, 0.25) is 0 Å². The van der Waals surface area contributed by atoms with Crippen LogP contribution in [0.3, 0.4) is 0 Å². The summed E-state index contributed by atoms with van der Waals surface area (Å²) in [7, 11) is 0. The predicted octanol–water partition coefficient (Wildman–Crippen LogP) is 2.86. The molecule has 1 aromatic rings. The molecular formula is C13H21NO. The zero-order chi connectivity index (χ0) is 10.8. The van der Waals surface area contributed by atoms with E-state index >= 15 is 0 Å². The molecule has 2 N–H and O–H groups in total. The molecule has 2 heteroatoms. The predicted molar refractivity (Wildman–Crippen MR) is 62.0 cm³/mol. The van der Waals surface area contributed by atoms with E-state index in [1.807, 2.05) is 0 Å². The fraction of sp³-hybridized carbons (Fsp3) is 0.692. The Kier molecular flexibility index (Phi) is 3.15. The van der Waals surface area contributed by atoms with Gasteiger partial charge in [0.2, 0.25) is 0 Å². The molecule has 2 unspecified atom stereocenters. The molecule has 0 saturated heterocycles. The third kappa shape index (κ3) is 1.96. The maximum Gasteiger partial charge on any atom is 0.107 e. The summed E-state index contributed by atoms with van der Waals surface area (Å²) in [6, 6.07) is 2.26. The van der Waals surface area contributed by atoms with Gasteiger partial charge in [0, 0.05) is 12.8 Å². The van der Waals surface area contributed by atoms with E-state index in [0.29, 0.717) is 11.8 Å². The second kappa shape index (κ2) is 4.40. The fourth-order valence-corrected chi connectivity index (χ4v) is 2.58. The average molecular weight is 207 g/mol. The van der Waals surface area contributed by atoms with Crippen molar-refractivity contribution in [2.45, 2.75) is 45.4 Å². The summed E-state index contributed by atoms with van der Waals surface area (Å²) >= 11 is 0. The fourth-order valence-electron chi connectivity index (χ4n) is 2.58. The van der Waals surface area contributed by atoms with Crippen LogP contribution in [0.1, 0.15) is 49.7 Å². The molecule has 2 atom stereocenters. The molecule has 84 valence electrons. The number of rotatable bonds is 3. The van der Waals surface area contributed by atoms with E-state index in [0.717, 1.165) is 25.1 Å². The third-order valence-electron chi connectivity index (χ3n) is 3.62. The van der Waals surface area contributed by atoms with Crippen molar-refractivity contribution in [3.05, 3.63) is 23.2 Å². The highest BCUT2D eigenvalue weighted by molar-refractivity contribution is 5.29. The first-order chi connectivity index (χ1) is 7.26. The molecule has 0 spiro atoms. The molecule has 0 radical (unpaired) electrons. The quantitative estimate of drug-likeness (QED) is 0.827. The van der Waals surface area contributed by atoms with Crippen molar-refractivity contribution in [2.24, 2.45) is 11.7 Å². The van der Waals surface area contributed by atoms with Gasteiger partial charge in [-0.3, -0.25) is 0 Å². The van der Waals surface area contributed by atoms with Gasteiger partial charge in [0.15, 0.2) is 0 Å². The number of nitrogens with two attached hydrogens (primary N) is 1. The second-order valence-corrected chi connectivity index (χ2v) is 4.66. The van der Waals surface area contributed by atoms with Crippen LogP contribution in [0.5, 0.6) is 0 Å². The van der Waals surface area contributed by atoms with Gasteiger partial charge in [-0.1, -0.05) is 13.8 Å². The van der Waals surface area contributed by atoms with Crippen LogP contribution in [-0.4, -0.2) is 6.54 Å². The molecule has 2 rings (SSSR count). The van der Waals surface area contributed by atoms with Crippen molar-refractivity contribution in [3.8, 4) is 0 Å². The summed E-state index contributed by atoms with van der Waals surface area (Å²) < 4.78 is 5.84. The molecule has 0 amide bonds. The lowest BCUT2D eigenvalue weighted by molar-refractivity contribution is 0.377. The maximum atomic E-state index is 5.84. The minimum atomic E-state index is 0.575. The Morgan fingerprint density at radius 2 is 2.40 bits per heavy atom. The van der Waals surface area contributed by atoms with Gasteiger partial charge in [-0.05, 0) is 42.9 Å². The van der Waals surface area contributed by atoms with Crippen LogP contribution in [-0.2, 0) is 12.8 Å². The van der Waals surface area contributed by atoms with Crippen LogP contribution < -0.4 is 5.73 Å². The molecule has 0 bridgehead atoms. The highest BCUT2D eigenvalue weighted by Crippen LogP contribution is 2.38. The monoisotopic (exact) mass is 207 g/mol. The molecule has 1 aromatic heterocycles. The Morgan fingerprint density at radius 3 is 3.07 bits per heavy atom. The third-order valence-corrected chi connectivity index (χ3v) is 3.62. The van der Waals surface area contributed by atoms with Crippen molar-refractivity contribution in [2.75, 3.05) is 6.54 Å². The van der Waals surface area contributed by atoms with E-state index in [1.54, 1.807) is 0 Å². The van der Waals surface area contributed by atoms with Gasteiger partial charge < -0.3 is 10.2 Å². The van der Waals surface area contributed by atoms with Crippen LogP contribution in [0.15, 0.2) is 10.5 Å². The summed E-state index contributed by atoms with van der Waals surface area (Å²) in [5.41, 5.74) is 7.21. The second-order valence-electron chi connectivity index (χ2n) is 4.66. The smallest absolute Gasteiger partial charge is 0.107 e. The molecule has 0 aromatic carbocycles. The zero-order valence-electron chi connectivity index (χ0n) is 9.75. The number of hydrogen-bond donors (Lipinski definition) is 1. The lowest BCUT2D eigenvalue weighted by Crippen LogP contribution is -2.21. The lowest BCUT2D eigenvalue weighted by atomic mass is 9.79. The summed E-state index contributed by atoms with van der Waals surface area (Å²) in [4.78, 5) is 0. The first-order valence-corrected chi connectivity index (χ1v) is 6.07. The SMILES string of the molecule is CCc1cc2c(o1)CCCC2C(C)CN. The van der Waals surface area contributed by atoms with Crippen molar-refractivity contribution in [1.82, 2.24) is 0 Å². The standard InChI is InChI=1S/C13H21NO/c1-3-10-7-12-11(9(2)8-14)5-4-6-13(12)15-10/h7,9,11H,3-6,8,14H2,1-2H3. The highest BCUT2D eigenvalue weighted by atomic mass is 16.3. The topological polar surface area (TPSA) is 39.2 Å². The molecule has 2 nitrogen and oxygen atoms in total. The molecule has 15 heavy (non-hydrogen) atoms. The lowest BCUT2D eigenvalue weighted by Gasteiger charge is -2.26. The van der Waals surface area contributed by atoms with Crippen LogP contribution in [0, 0.1) is 5.92 Å². The van der Waals surface area contributed by atoms with Crippen LogP contribution in [0.4, 0.5) is 0 Å². The molecule has 0 aliphatic heterocycles. The number of furan rings is 1.